The number of nitrogens with zero attached hydrogens (tertiary/aromatic N) is 1. The SMILES string of the molecule is CN1CCCCC1C1(C)OCC(CCN)O1. The van der Waals surface area contributed by atoms with Gasteiger partial charge in [0, 0.05) is 0 Å². The topological polar surface area (TPSA) is 47.7 Å². The molecule has 4 nitrogen and oxygen atoms in total. The smallest absolute Gasteiger partial charge is 0.181 e. The van der Waals surface area contributed by atoms with E-state index in [1.165, 1.54) is 19.3 Å². The van der Waals surface area contributed by atoms with Crippen molar-refractivity contribution in [2.45, 2.75) is 50.5 Å². The molecule has 0 aliphatic carbocycles. The minimum atomic E-state index is -0.422. The van der Waals surface area contributed by atoms with Gasteiger partial charge in [-0.15, -0.1) is 0 Å². The normalized spacial score (nSPS) is 41.4. The third-order valence-electron chi connectivity index (χ3n) is 3.82. The minimum Gasteiger partial charge on any atom is -0.346 e. The lowest BCUT2D eigenvalue weighted by atomic mass is 9.96. The Morgan fingerprint density at radius 2 is 2.25 bits per heavy atom. The largest absolute Gasteiger partial charge is 0.346 e. The maximum absolute atomic E-state index is 6.06. The van der Waals surface area contributed by atoms with E-state index >= 15 is 0 Å². The molecule has 0 radical (unpaired) electrons. The zero-order valence-corrected chi connectivity index (χ0v) is 10.4. The molecule has 0 amide bonds. The van der Waals surface area contributed by atoms with Crippen molar-refractivity contribution in [3.05, 3.63) is 0 Å². The van der Waals surface area contributed by atoms with Gasteiger partial charge >= 0.3 is 0 Å². The van der Waals surface area contributed by atoms with Crippen molar-refractivity contribution in [1.82, 2.24) is 4.90 Å². The van der Waals surface area contributed by atoms with E-state index in [1.807, 2.05) is 0 Å². The lowest BCUT2D eigenvalue weighted by molar-refractivity contribution is -0.201. The number of rotatable bonds is 3. The van der Waals surface area contributed by atoms with Crippen LogP contribution in [0.5, 0.6) is 0 Å². The van der Waals surface area contributed by atoms with Crippen molar-refractivity contribution in [3.63, 3.8) is 0 Å². The number of likely N-dealkylation sites (N-methyl/N-ethyl adjacent to an activating group) is 1. The van der Waals surface area contributed by atoms with Crippen LogP contribution < -0.4 is 5.73 Å². The maximum Gasteiger partial charge on any atom is 0.181 e. The first-order valence-electron chi connectivity index (χ1n) is 6.38. The summed E-state index contributed by atoms with van der Waals surface area (Å²) in [5, 5.41) is 0. The third kappa shape index (κ3) is 2.40. The van der Waals surface area contributed by atoms with E-state index in [1.54, 1.807) is 0 Å². The highest BCUT2D eigenvalue weighted by Gasteiger charge is 2.45. The monoisotopic (exact) mass is 228 g/mol. The summed E-state index contributed by atoms with van der Waals surface area (Å²) < 4.78 is 12.0. The van der Waals surface area contributed by atoms with E-state index in [2.05, 4.69) is 18.9 Å². The van der Waals surface area contributed by atoms with Gasteiger partial charge in [-0.25, -0.2) is 0 Å². The number of likely N-dealkylation sites (tertiary alicyclic amines) is 1. The molecular weight excluding hydrogens is 204 g/mol. The average Bonchev–Trinajstić information content (AvgIpc) is 2.62. The first kappa shape index (κ1) is 12.3. The second kappa shape index (κ2) is 5.00. The van der Waals surface area contributed by atoms with Crippen LogP contribution in [-0.4, -0.2) is 49.6 Å². The van der Waals surface area contributed by atoms with Crippen molar-refractivity contribution in [2.75, 3.05) is 26.7 Å². The Labute approximate surface area is 98.1 Å². The second-order valence-electron chi connectivity index (χ2n) is 5.14. The van der Waals surface area contributed by atoms with Crippen LogP contribution in [0.25, 0.3) is 0 Å². The van der Waals surface area contributed by atoms with Crippen LogP contribution in [0.1, 0.15) is 32.6 Å². The molecule has 2 saturated heterocycles. The number of hydrogen-bond donors (Lipinski definition) is 1. The molecule has 2 rings (SSSR count). The molecule has 0 aromatic carbocycles. The molecule has 94 valence electrons. The molecule has 0 aromatic heterocycles. The maximum atomic E-state index is 6.06. The van der Waals surface area contributed by atoms with Crippen molar-refractivity contribution in [3.8, 4) is 0 Å². The molecule has 2 N–H and O–H groups in total. The zero-order valence-electron chi connectivity index (χ0n) is 10.4. The van der Waals surface area contributed by atoms with Crippen molar-refractivity contribution in [1.29, 1.82) is 0 Å². The summed E-state index contributed by atoms with van der Waals surface area (Å²) in [4.78, 5) is 2.37. The van der Waals surface area contributed by atoms with Crippen LogP contribution in [0.2, 0.25) is 0 Å². The average molecular weight is 228 g/mol. The molecule has 0 saturated carbocycles. The molecule has 0 spiro atoms. The van der Waals surface area contributed by atoms with Gasteiger partial charge in [0.25, 0.3) is 0 Å². The first-order chi connectivity index (χ1) is 7.65. The van der Waals surface area contributed by atoms with Gasteiger partial charge in [-0.3, -0.25) is 4.90 Å². The minimum absolute atomic E-state index is 0.185. The molecule has 2 heterocycles. The summed E-state index contributed by atoms with van der Waals surface area (Å²) in [5.74, 6) is -0.422. The van der Waals surface area contributed by atoms with E-state index in [-0.39, 0.29) is 6.10 Å². The van der Waals surface area contributed by atoms with Crippen molar-refractivity contribution >= 4 is 0 Å². The van der Waals surface area contributed by atoms with E-state index in [0.717, 1.165) is 13.0 Å². The van der Waals surface area contributed by atoms with Gasteiger partial charge in [0.05, 0.1) is 18.8 Å². The van der Waals surface area contributed by atoms with Gasteiger partial charge < -0.3 is 15.2 Å². The highest BCUT2D eigenvalue weighted by molar-refractivity contribution is 4.90. The zero-order chi connectivity index (χ0) is 11.6. The van der Waals surface area contributed by atoms with Crippen LogP contribution in [-0.2, 0) is 9.47 Å². The summed E-state index contributed by atoms with van der Waals surface area (Å²) in [5.41, 5.74) is 5.56. The lowest BCUT2D eigenvalue weighted by Gasteiger charge is -2.41. The molecule has 16 heavy (non-hydrogen) atoms. The Hall–Kier alpha value is -0.160. The molecule has 0 bridgehead atoms. The van der Waals surface area contributed by atoms with Crippen molar-refractivity contribution in [2.24, 2.45) is 5.73 Å². The molecule has 3 atom stereocenters. The third-order valence-corrected chi connectivity index (χ3v) is 3.82. The molecule has 3 unspecified atom stereocenters. The van der Waals surface area contributed by atoms with Crippen LogP contribution in [0.4, 0.5) is 0 Å². The summed E-state index contributed by atoms with van der Waals surface area (Å²) in [6.45, 7) is 4.59. The van der Waals surface area contributed by atoms with Crippen molar-refractivity contribution < 1.29 is 9.47 Å². The predicted molar refractivity (Wildman–Crippen MR) is 63.2 cm³/mol. The van der Waals surface area contributed by atoms with Gasteiger partial charge in [0.2, 0.25) is 0 Å². The summed E-state index contributed by atoms with van der Waals surface area (Å²) in [7, 11) is 2.16. The summed E-state index contributed by atoms with van der Waals surface area (Å²) in [6.07, 6.45) is 4.81. The fourth-order valence-electron chi connectivity index (χ4n) is 2.90. The molecule has 0 aromatic rings. The van der Waals surface area contributed by atoms with E-state index in [0.29, 0.717) is 19.2 Å². The van der Waals surface area contributed by atoms with E-state index < -0.39 is 5.79 Å². The Kier molecular flexibility index (Phi) is 3.85. The van der Waals surface area contributed by atoms with Crippen LogP contribution >= 0.6 is 0 Å². The van der Waals surface area contributed by atoms with Crippen LogP contribution in [0, 0.1) is 0 Å². The molecule has 2 aliphatic rings. The number of ether oxygens (including phenoxy) is 2. The predicted octanol–water partition coefficient (Wildman–Crippen LogP) is 0.951. The Morgan fingerprint density at radius 1 is 1.44 bits per heavy atom. The molecule has 4 heteroatoms. The number of piperidine rings is 1. The summed E-state index contributed by atoms with van der Waals surface area (Å²) in [6, 6.07) is 0.393. The fraction of sp³-hybridized carbons (Fsp3) is 1.00. The second-order valence-corrected chi connectivity index (χ2v) is 5.14. The highest BCUT2D eigenvalue weighted by atomic mass is 16.7. The molecule has 2 fully saturated rings. The van der Waals surface area contributed by atoms with Crippen LogP contribution in [0.3, 0.4) is 0 Å². The molecule has 2 aliphatic heterocycles. The van der Waals surface area contributed by atoms with Gasteiger partial charge in [-0.05, 0) is 46.3 Å². The quantitative estimate of drug-likeness (QED) is 0.781. The summed E-state index contributed by atoms with van der Waals surface area (Å²) >= 11 is 0. The van der Waals surface area contributed by atoms with Crippen LogP contribution in [0.15, 0.2) is 0 Å². The first-order valence-corrected chi connectivity index (χ1v) is 6.38. The Morgan fingerprint density at radius 3 is 2.94 bits per heavy atom. The van der Waals surface area contributed by atoms with Gasteiger partial charge in [0.1, 0.15) is 0 Å². The highest BCUT2D eigenvalue weighted by Crippen LogP contribution is 2.34. The number of hydrogen-bond acceptors (Lipinski definition) is 4. The fourth-order valence-corrected chi connectivity index (χ4v) is 2.90. The van der Waals surface area contributed by atoms with Gasteiger partial charge in [0.15, 0.2) is 5.79 Å². The number of nitrogens with two attached hydrogens (primary N) is 1. The Bertz CT molecular complexity index is 237. The van der Waals surface area contributed by atoms with Gasteiger partial charge in [-0.1, -0.05) is 6.42 Å². The van der Waals surface area contributed by atoms with E-state index in [9.17, 15) is 0 Å². The molecular formula is C12H24N2O2. The van der Waals surface area contributed by atoms with Gasteiger partial charge in [-0.2, -0.15) is 0 Å². The van der Waals surface area contributed by atoms with E-state index in [4.69, 9.17) is 15.2 Å². The lowest BCUT2D eigenvalue weighted by Crippen LogP contribution is -2.52. The standard InChI is InChI=1S/C12H24N2O2/c1-12(11-5-3-4-8-14(11)2)15-9-10(16-12)6-7-13/h10-11H,3-9,13H2,1-2H3. The Balaban J connectivity index is 1.97.